The Bertz CT molecular complexity index is 1280. The Hall–Kier alpha value is -3.53. The van der Waals surface area contributed by atoms with Crippen molar-refractivity contribution in [2.24, 2.45) is 0 Å². The number of carbonyl (C=O) groups excluding carboxylic acids is 1. The SMILES string of the molecule is C=CCn1c(SC(C)C(=O)Nc2ccc3[nH]c(=O)[nH]c3c2)nnc1-c1ccoc1C. The van der Waals surface area contributed by atoms with Gasteiger partial charge in [-0.1, -0.05) is 17.8 Å². The fourth-order valence-corrected chi connectivity index (χ4v) is 3.91. The first-order valence-corrected chi connectivity index (χ1v) is 10.1. The van der Waals surface area contributed by atoms with E-state index in [4.69, 9.17) is 4.42 Å². The van der Waals surface area contributed by atoms with Gasteiger partial charge in [0, 0.05) is 12.2 Å². The summed E-state index contributed by atoms with van der Waals surface area (Å²) in [5.74, 6) is 1.22. The first kappa shape index (κ1) is 19.8. The Morgan fingerprint density at radius 1 is 1.33 bits per heavy atom. The first-order valence-electron chi connectivity index (χ1n) is 9.24. The number of hydrogen-bond donors (Lipinski definition) is 3. The van der Waals surface area contributed by atoms with Gasteiger partial charge in [0.1, 0.15) is 5.76 Å². The van der Waals surface area contributed by atoms with Crippen LogP contribution < -0.4 is 11.0 Å². The first-order chi connectivity index (χ1) is 14.5. The summed E-state index contributed by atoms with van der Waals surface area (Å²) in [7, 11) is 0. The second-order valence-corrected chi connectivity index (χ2v) is 7.99. The lowest BCUT2D eigenvalue weighted by Gasteiger charge is -2.13. The van der Waals surface area contributed by atoms with E-state index in [1.54, 1.807) is 37.5 Å². The third kappa shape index (κ3) is 3.81. The zero-order chi connectivity index (χ0) is 21.3. The van der Waals surface area contributed by atoms with Crippen LogP contribution in [0.3, 0.4) is 0 Å². The van der Waals surface area contributed by atoms with Gasteiger partial charge in [-0.2, -0.15) is 0 Å². The zero-order valence-electron chi connectivity index (χ0n) is 16.4. The van der Waals surface area contributed by atoms with Crippen molar-refractivity contribution < 1.29 is 9.21 Å². The van der Waals surface area contributed by atoms with Crippen LogP contribution in [0.5, 0.6) is 0 Å². The van der Waals surface area contributed by atoms with Crippen molar-refractivity contribution in [1.29, 1.82) is 0 Å². The van der Waals surface area contributed by atoms with Gasteiger partial charge in [0.15, 0.2) is 11.0 Å². The van der Waals surface area contributed by atoms with E-state index in [1.807, 2.05) is 17.6 Å². The smallest absolute Gasteiger partial charge is 0.323 e. The lowest BCUT2D eigenvalue weighted by Crippen LogP contribution is -2.23. The van der Waals surface area contributed by atoms with Crippen molar-refractivity contribution in [2.75, 3.05) is 5.32 Å². The number of allylic oxidation sites excluding steroid dienone is 1. The van der Waals surface area contributed by atoms with Gasteiger partial charge >= 0.3 is 5.69 Å². The van der Waals surface area contributed by atoms with Gasteiger partial charge in [-0.15, -0.1) is 16.8 Å². The summed E-state index contributed by atoms with van der Waals surface area (Å²) in [4.78, 5) is 29.5. The largest absolute Gasteiger partial charge is 0.469 e. The molecule has 0 radical (unpaired) electrons. The lowest BCUT2D eigenvalue weighted by atomic mass is 10.2. The number of aromatic nitrogens is 5. The van der Waals surface area contributed by atoms with E-state index in [-0.39, 0.29) is 11.6 Å². The Morgan fingerprint density at radius 3 is 2.87 bits per heavy atom. The molecule has 1 aromatic carbocycles. The van der Waals surface area contributed by atoms with E-state index < -0.39 is 5.25 Å². The number of aryl methyl sites for hydroxylation is 1. The van der Waals surface area contributed by atoms with Gasteiger partial charge < -0.3 is 19.7 Å². The zero-order valence-corrected chi connectivity index (χ0v) is 17.2. The number of hydrogen-bond acceptors (Lipinski definition) is 6. The maximum atomic E-state index is 12.7. The molecule has 3 aromatic heterocycles. The van der Waals surface area contributed by atoms with Crippen molar-refractivity contribution in [3.8, 4) is 11.4 Å². The van der Waals surface area contributed by atoms with Crippen molar-refractivity contribution in [1.82, 2.24) is 24.7 Å². The number of aromatic amines is 2. The molecule has 0 aliphatic rings. The Kier molecular flexibility index (Phi) is 5.32. The van der Waals surface area contributed by atoms with Crippen LogP contribution in [0, 0.1) is 6.92 Å². The molecule has 0 saturated heterocycles. The molecule has 10 heteroatoms. The highest BCUT2D eigenvalue weighted by Gasteiger charge is 2.22. The highest BCUT2D eigenvalue weighted by Crippen LogP contribution is 2.29. The number of amides is 1. The number of thioether (sulfide) groups is 1. The summed E-state index contributed by atoms with van der Waals surface area (Å²) in [6.45, 7) is 7.96. The number of fused-ring (bicyclic) bond motifs is 1. The fraction of sp³-hybridized carbons (Fsp3) is 0.200. The molecule has 1 unspecified atom stereocenters. The maximum absolute atomic E-state index is 12.7. The minimum absolute atomic E-state index is 0.188. The summed E-state index contributed by atoms with van der Waals surface area (Å²) >= 11 is 1.30. The van der Waals surface area contributed by atoms with Crippen LogP contribution in [0.15, 0.2) is 57.6 Å². The molecule has 0 saturated carbocycles. The third-order valence-corrected chi connectivity index (χ3v) is 5.64. The van der Waals surface area contributed by atoms with Crippen LogP contribution in [-0.2, 0) is 11.3 Å². The van der Waals surface area contributed by atoms with Crippen LogP contribution >= 0.6 is 11.8 Å². The number of rotatable bonds is 7. The van der Waals surface area contributed by atoms with Gasteiger partial charge in [-0.05, 0) is 38.1 Å². The Balaban J connectivity index is 1.52. The number of H-pyrrole nitrogens is 2. The van der Waals surface area contributed by atoms with Crippen LogP contribution in [0.25, 0.3) is 22.4 Å². The summed E-state index contributed by atoms with van der Waals surface area (Å²) < 4.78 is 7.28. The molecule has 0 aliphatic heterocycles. The van der Waals surface area contributed by atoms with Gasteiger partial charge in [-0.25, -0.2) is 4.79 Å². The number of anilines is 1. The highest BCUT2D eigenvalue weighted by atomic mass is 32.2. The molecule has 4 rings (SSSR count). The summed E-state index contributed by atoms with van der Waals surface area (Å²) in [6.07, 6.45) is 3.36. The molecular formula is C20H20N6O3S. The predicted octanol–water partition coefficient (Wildman–Crippen LogP) is 3.32. The number of furan rings is 1. The monoisotopic (exact) mass is 424 g/mol. The topological polar surface area (TPSA) is 122 Å². The van der Waals surface area contributed by atoms with E-state index in [2.05, 4.69) is 32.1 Å². The van der Waals surface area contributed by atoms with Gasteiger partial charge in [-0.3, -0.25) is 9.36 Å². The van der Waals surface area contributed by atoms with Crippen LogP contribution in [0.4, 0.5) is 5.69 Å². The van der Waals surface area contributed by atoms with Crippen LogP contribution in [0.1, 0.15) is 12.7 Å². The van der Waals surface area contributed by atoms with E-state index in [0.29, 0.717) is 34.2 Å². The van der Waals surface area contributed by atoms with Crippen molar-refractivity contribution in [3.63, 3.8) is 0 Å². The lowest BCUT2D eigenvalue weighted by molar-refractivity contribution is -0.115. The molecule has 1 atom stereocenters. The van der Waals surface area contributed by atoms with Crippen LogP contribution in [-0.4, -0.2) is 35.9 Å². The number of benzene rings is 1. The predicted molar refractivity (Wildman–Crippen MR) is 116 cm³/mol. The van der Waals surface area contributed by atoms with Crippen LogP contribution in [0.2, 0.25) is 0 Å². The number of carbonyl (C=O) groups is 1. The van der Waals surface area contributed by atoms with Gasteiger partial charge in [0.2, 0.25) is 5.91 Å². The molecule has 154 valence electrons. The van der Waals surface area contributed by atoms with Crippen molar-refractivity contribution >= 4 is 34.4 Å². The number of nitrogens with zero attached hydrogens (tertiary/aromatic N) is 3. The van der Waals surface area contributed by atoms with E-state index in [1.165, 1.54) is 11.8 Å². The van der Waals surface area contributed by atoms with Gasteiger partial charge in [0.05, 0.1) is 28.1 Å². The molecule has 3 N–H and O–H groups in total. The van der Waals surface area contributed by atoms with Crippen molar-refractivity contribution in [2.45, 2.75) is 30.8 Å². The number of nitrogens with one attached hydrogen (secondary N) is 3. The quantitative estimate of drug-likeness (QED) is 0.309. The van der Waals surface area contributed by atoms with Gasteiger partial charge in [0.25, 0.3) is 0 Å². The average Bonchev–Trinajstić information content (AvgIpc) is 3.40. The van der Waals surface area contributed by atoms with E-state index >= 15 is 0 Å². The third-order valence-electron chi connectivity index (χ3n) is 4.56. The maximum Gasteiger partial charge on any atom is 0.323 e. The molecule has 1 amide bonds. The summed E-state index contributed by atoms with van der Waals surface area (Å²) in [5.41, 5.74) is 2.46. The minimum Gasteiger partial charge on any atom is -0.469 e. The number of imidazole rings is 1. The molecule has 9 nitrogen and oxygen atoms in total. The fourth-order valence-electron chi connectivity index (χ4n) is 3.05. The molecule has 4 aromatic rings. The molecule has 0 spiro atoms. The molecule has 0 aliphatic carbocycles. The Labute approximate surface area is 175 Å². The van der Waals surface area contributed by atoms with Crippen molar-refractivity contribution in [3.05, 3.63) is 59.4 Å². The molecule has 3 heterocycles. The molecule has 30 heavy (non-hydrogen) atoms. The Morgan fingerprint density at radius 2 is 2.13 bits per heavy atom. The standard InChI is InChI=1S/C20H20N6O3S/c1-4-8-26-17(14-7-9-29-11(14)2)24-25-20(26)30-12(3)18(27)21-13-5-6-15-16(10-13)23-19(28)22-15/h4-7,9-10,12H,1,8H2,2-3H3,(H,21,27)(H2,22,23,28). The van der Waals surface area contributed by atoms with E-state index in [9.17, 15) is 9.59 Å². The summed E-state index contributed by atoms with van der Waals surface area (Å²) in [6, 6.07) is 7.02. The highest BCUT2D eigenvalue weighted by molar-refractivity contribution is 8.00. The molecule has 0 fully saturated rings. The minimum atomic E-state index is -0.433. The molecular weight excluding hydrogens is 404 g/mol. The summed E-state index contributed by atoms with van der Waals surface area (Å²) in [5, 5.41) is 11.6. The second-order valence-electron chi connectivity index (χ2n) is 6.68. The molecule has 0 bridgehead atoms. The normalized spacial score (nSPS) is 12.2. The average molecular weight is 424 g/mol. The second kappa shape index (κ2) is 8.07. The van der Waals surface area contributed by atoms with E-state index in [0.717, 1.165) is 11.3 Å².